The van der Waals surface area contributed by atoms with Crippen LogP contribution < -0.4 is 5.32 Å². The zero-order valence-corrected chi connectivity index (χ0v) is 10.9. The number of aromatic nitrogens is 2. The Bertz CT molecular complexity index is 712. The van der Waals surface area contributed by atoms with Gasteiger partial charge < -0.3 is 5.32 Å². The van der Waals surface area contributed by atoms with Gasteiger partial charge in [-0.1, -0.05) is 35.9 Å². The quantitative estimate of drug-likeness (QED) is 0.733. The lowest BCUT2D eigenvalue weighted by atomic mass is 10.2. The molecule has 0 unspecified atom stereocenters. The van der Waals surface area contributed by atoms with Crippen molar-refractivity contribution in [3.8, 4) is 0 Å². The van der Waals surface area contributed by atoms with Crippen molar-refractivity contribution < 1.29 is 0 Å². The van der Waals surface area contributed by atoms with Crippen LogP contribution in [-0.2, 0) is 6.54 Å². The normalized spacial score (nSPS) is 10.6. The fourth-order valence-corrected chi connectivity index (χ4v) is 2.10. The predicted octanol–water partition coefficient (Wildman–Crippen LogP) is 3.90. The van der Waals surface area contributed by atoms with Gasteiger partial charge in [0.15, 0.2) is 5.15 Å². The molecule has 94 valence electrons. The molecule has 0 aliphatic rings. The monoisotopic (exact) mass is 269 g/mol. The van der Waals surface area contributed by atoms with E-state index in [1.54, 1.807) is 6.20 Å². The van der Waals surface area contributed by atoms with E-state index in [1.165, 1.54) is 0 Å². The van der Waals surface area contributed by atoms with E-state index in [9.17, 15) is 0 Å². The van der Waals surface area contributed by atoms with Crippen LogP contribution >= 0.6 is 11.6 Å². The second-order valence-electron chi connectivity index (χ2n) is 4.19. The number of nitrogens with zero attached hydrogens (tertiary/aromatic N) is 2. The molecule has 0 atom stereocenters. The van der Waals surface area contributed by atoms with Crippen molar-refractivity contribution in [2.24, 2.45) is 0 Å². The number of benzene rings is 1. The molecule has 0 aliphatic carbocycles. The summed E-state index contributed by atoms with van der Waals surface area (Å²) in [4.78, 5) is 8.62. The number of nitrogens with one attached hydrogen (secondary N) is 1. The minimum absolute atomic E-state index is 0.475. The highest BCUT2D eigenvalue weighted by Crippen LogP contribution is 2.18. The molecule has 3 nitrogen and oxygen atoms in total. The molecule has 3 rings (SSSR count). The van der Waals surface area contributed by atoms with Gasteiger partial charge in [0.25, 0.3) is 0 Å². The Morgan fingerprint density at radius 1 is 1.00 bits per heavy atom. The van der Waals surface area contributed by atoms with E-state index < -0.39 is 0 Å². The lowest BCUT2D eigenvalue weighted by Gasteiger charge is -2.07. The number of hydrogen-bond acceptors (Lipinski definition) is 3. The van der Waals surface area contributed by atoms with Crippen molar-refractivity contribution in [2.75, 3.05) is 5.32 Å². The largest absolute Gasteiger partial charge is 0.377 e. The number of fused-ring (bicyclic) bond motifs is 1. The summed E-state index contributed by atoms with van der Waals surface area (Å²) in [5.41, 5.74) is 2.79. The highest BCUT2D eigenvalue weighted by molar-refractivity contribution is 6.31. The Labute approximate surface area is 116 Å². The van der Waals surface area contributed by atoms with E-state index in [2.05, 4.69) is 27.4 Å². The van der Waals surface area contributed by atoms with Gasteiger partial charge in [0.2, 0.25) is 0 Å². The first-order chi connectivity index (χ1) is 9.33. The standard InChI is InChI=1S/C15H12ClN3/c16-15-14(6-3-9-17-15)18-10-12-8-7-11-4-1-2-5-13(11)19-12/h1-9,18H,10H2. The first-order valence-electron chi connectivity index (χ1n) is 6.02. The predicted molar refractivity (Wildman–Crippen MR) is 78.3 cm³/mol. The lowest BCUT2D eigenvalue weighted by molar-refractivity contribution is 1.06. The second-order valence-corrected chi connectivity index (χ2v) is 4.55. The van der Waals surface area contributed by atoms with Crippen molar-refractivity contribution in [3.63, 3.8) is 0 Å². The molecular weight excluding hydrogens is 258 g/mol. The molecule has 1 aromatic carbocycles. The molecule has 0 saturated heterocycles. The third-order valence-electron chi connectivity index (χ3n) is 2.88. The Balaban J connectivity index is 1.80. The molecule has 2 heterocycles. The third-order valence-corrected chi connectivity index (χ3v) is 3.18. The van der Waals surface area contributed by atoms with Crippen LogP contribution in [-0.4, -0.2) is 9.97 Å². The molecule has 0 aliphatic heterocycles. The lowest BCUT2D eigenvalue weighted by Crippen LogP contribution is -2.02. The molecule has 0 radical (unpaired) electrons. The second kappa shape index (κ2) is 5.24. The fraction of sp³-hybridized carbons (Fsp3) is 0.0667. The first-order valence-corrected chi connectivity index (χ1v) is 6.40. The van der Waals surface area contributed by atoms with Crippen molar-refractivity contribution >= 4 is 28.2 Å². The van der Waals surface area contributed by atoms with E-state index in [1.807, 2.05) is 36.4 Å². The molecule has 0 bridgehead atoms. The van der Waals surface area contributed by atoms with Gasteiger partial charge >= 0.3 is 0 Å². The highest BCUT2D eigenvalue weighted by atomic mass is 35.5. The Morgan fingerprint density at radius 2 is 1.89 bits per heavy atom. The summed E-state index contributed by atoms with van der Waals surface area (Å²) < 4.78 is 0. The summed E-state index contributed by atoms with van der Waals surface area (Å²) in [5.74, 6) is 0. The Morgan fingerprint density at radius 3 is 2.79 bits per heavy atom. The minimum Gasteiger partial charge on any atom is -0.377 e. The first kappa shape index (κ1) is 11.9. The van der Waals surface area contributed by atoms with Crippen LogP contribution in [0.1, 0.15) is 5.69 Å². The SMILES string of the molecule is Clc1ncccc1NCc1ccc2ccccc2n1. The maximum absolute atomic E-state index is 5.99. The molecule has 2 aromatic heterocycles. The molecule has 0 amide bonds. The number of hydrogen-bond donors (Lipinski definition) is 1. The van der Waals surface area contributed by atoms with Gasteiger partial charge in [-0.05, 0) is 24.3 Å². The van der Waals surface area contributed by atoms with Crippen molar-refractivity contribution in [3.05, 3.63) is 65.6 Å². The van der Waals surface area contributed by atoms with Crippen molar-refractivity contribution in [2.45, 2.75) is 6.54 Å². The number of para-hydroxylation sites is 1. The van der Waals surface area contributed by atoms with Crippen LogP contribution in [0.15, 0.2) is 54.7 Å². The summed E-state index contributed by atoms with van der Waals surface area (Å²) >= 11 is 5.99. The van der Waals surface area contributed by atoms with Crippen LogP contribution in [0.5, 0.6) is 0 Å². The smallest absolute Gasteiger partial charge is 0.152 e. The number of halogens is 1. The summed E-state index contributed by atoms with van der Waals surface area (Å²) in [7, 11) is 0. The summed E-state index contributed by atoms with van der Waals surface area (Å²) in [6.07, 6.45) is 1.67. The van der Waals surface area contributed by atoms with Crippen LogP contribution in [0.3, 0.4) is 0 Å². The van der Waals surface area contributed by atoms with E-state index >= 15 is 0 Å². The molecule has 0 spiro atoms. The Kier molecular flexibility index (Phi) is 3.29. The third kappa shape index (κ3) is 2.66. The highest BCUT2D eigenvalue weighted by Gasteiger charge is 2.01. The van der Waals surface area contributed by atoms with Crippen LogP contribution in [0.25, 0.3) is 10.9 Å². The number of rotatable bonds is 3. The van der Waals surface area contributed by atoms with E-state index in [0.29, 0.717) is 11.7 Å². The summed E-state index contributed by atoms with van der Waals surface area (Å²) in [6, 6.07) is 15.9. The molecule has 0 fully saturated rings. The van der Waals surface area contributed by atoms with Crippen LogP contribution in [0, 0.1) is 0 Å². The maximum Gasteiger partial charge on any atom is 0.152 e. The summed E-state index contributed by atoms with van der Waals surface area (Å²) in [5, 5.41) is 4.86. The fourth-order valence-electron chi connectivity index (χ4n) is 1.91. The molecule has 3 aromatic rings. The van der Waals surface area contributed by atoms with Gasteiger partial charge in [0.1, 0.15) is 0 Å². The zero-order valence-electron chi connectivity index (χ0n) is 10.2. The van der Waals surface area contributed by atoms with Gasteiger partial charge in [-0.2, -0.15) is 0 Å². The zero-order chi connectivity index (χ0) is 13.1. The van der Waals surface area contributed by atoms with Crippen LogP contribution in [0.4, 0.5) is 5.69 Å². The van der Waals surface area contributed by atoms with Crippen LogP contribution in [0.2, 0.25) is 5.15 Å². The van der Waals surface area contributed by atoms with Gasteiger partial charge in [-0.3, -0.25) is 4.98 Å². The van der Waals surface area contributed by atoms with E-state index in [0.717, 1.165) is 22.3 Å². The molecule has 19 heavy (non-hydrogen) atoms. The molecular formula is C15H12ClN3. The van der Waals surface area contributed by atoms with Gasteiger partial charge in [0, 0.05) is 11.6 Å². The minimum atomic E-state index is 0.475. The van der Waals surface area contributed by atoms with Crippen molar-refractivity contribution in [1.29, 1.82) is 0 Å². The summed E-state index contributed by atoms with van der Waals surface area (Å²) in [6.45, 7) is 0.621. The van der Waals surface area contributed by atoms with Crippen molar-refractivity contribution in [1.82, 2.24) is 9.97 Å². The van der Waals surface area contributed by atoms with E-state index in [-0.39, 0.29) is 0 Å². The average molecular weight is 270 g/mol. The maximum atomic E-state index is 5.99. The molecule has 0 saturated carbocycles. The Hall–Kier alpha value is -2.13. The number of anilines is 1. The number of pyridine rings is 2. The van der Waals surface area contributed by atoms with E-state index in [4.69, 9.17) is 11.6 Å². The van der Waals surface area contributed by atoms with Gasteiger partial charge in [-0.15, -0.1) is 0 Å². The average Bonchev–Trinajstić information content (AvgIpc) is 2.46. The van der Waals surface area contributed by atoms with Gasteiger partial charge in [0.05, 0.1) is 23.4 Å². The molecule has 1 N–H and O–H groups in total. The van der Waals surface area contributed by atoms with Gasteiger partial charge in [-0.25, -0.2) is 4.98 Å². The topological polar surface area (TPSA) is 37.8 Å². The molecule has 4 heteroatoms.